The molecule has 3 aliphatic heterocycles. The molecule has 4 aliphatic rings. The lowest BCUT2D eigenvalue weighted by Crippen LogP contribution is -2.61. The van der Waals surface area contributed by atoms with Crippen molar-refractivity contribution in [1.29, 1.82) is 0 Å². The highest BCUT2D eigenvalue weighted by molar-refractivity contribution is 5.94. The molecule has 1 aromatic heterocycles. The third kappa shape index (κ3) is 2.49. The van der Waals surface area contributed by atoms with Crippen LogP contribution in [0.5, 0.6) is 0 Å². The summed E-state index contributed by atoms with van der Waals surface area (Å²) < 4.78 is 0. The molecule has 3 fully saturated rings. The van der Waals surface area contributed by atoms with Gasteiger partial charge in [-0.1, -0.05) is 0 Å². The van der Waals surface area contributed by atoms with Crippen molar-refractivity contribution >= 4 is 11.8 Å². The molecule has 1 aliphatic carbocycles. The highest BCUT2D eigenvalue weighted by Gasteiger charge is 2.45. The number of aryl methyl sites for hydroxylation is 1. The Kier molecular flexibility index (Phi) is 3.61. The third-order valence-corrected chi connectivity index (χ3v) is 6.73. The van der Waals surface area contributed by atoms with Crippen molar-refractivity contribution in [3.05, 3.63) is 17.0 Å². The second-order valence-corrected chi connectivity index (χ2v) is 8.31. The SMILES string of the molecule is O=C(c1n[nH]c2c1CCCC2)N1CC2CC(C1)C1CCCC(=O)N1C2. The first kappa shape index (κ1) is 15.4. The smallest absolute Gasteiger partial charge is 0.274 e. The van der Waals surface area contributed by atoms with E-state index in [2.05, 4.69) is 15.1 Å². The minimum atomic E-state index is 0.102. The van der Waals surface area contributed by atoms with Gasteiger partial charge >= 0.3 is 0 Å². The van der Waals surface area contributed by atoms with Gasteiger partial charge in [-0.2, -0.15) is 5.10 Å². The number of likely N-dealkylation sites (tertiary alicyclic amines) is 1. The Morgan fingerprint density at radius 2 is 1.96 bits per heavy atom. The topological polar surface area (TPSA) is 69.3 Å². The number of nitrogens with one attached hydrogen (secondary N) is 1. The first-order chi connectivity index (χ1) is 12.2. The first-order valence-electron chi connectivity index (χ1n) is 9.85. The molecule has 25 heavy (non-hydrogen) atoms. The van der Waals surface area contributed by atoms with Crippen LogP contribution in [0.25, 0.3) is 0 Å². The number of fused-ring (bicyclic) bond motifs is 5. The van der Waals surface area contributed by atoms with Crippen LogP contribution in [0.4, 0.5) is 0 Å². The molecule has 4 heterocycles. The van der Waals surface area contributed by atoms with Crippen LogP contribution in [0.15, 0.2) is 0 Å². The summed E-state index contributed by atoms with van der Waals surface area (Å²) in [5, 5.41) is 7.48. The van der Waals surface area contributed by atoms with Crippen LogP contribution >= 0.6 is 0 Å². The summed E-state index contributed by atoms with van der Waals surface area (Å²) >= 11 is 0. The normalized spacial score (nSPS) is 31.5. The largest absolute Gasteiger partial charge is 0.339 e. The van der Waals surface area contributed by atoms with Crippen molar-refractivity contribution in [2.75, 3.05) is 19.6 Å². The van der Waals surface area contributed by atoms with Gasteiger partial charge in [0.15, 0.2) is 5.69 Å². The standard InChI is InChI=1S/C19H26N4O2/c24-17-7-3-6-16-13-8-12(10-23(16)17)9-22(11-13)19(25)18-14-4-1-2-5-15(14)20-21-18/h12-13,16H,1-11H2,(H,20,21). The molecule has 2 amide bonds. The van der Waals surface area contributed by atoms with E-state index in [4.69, 9.17) is 0 Å². The monoisotopic (exact) mass is 342 g/mol. The maximum atomic E-state index is 13.2. The fourth-order valence-electron chi connectivity index (χ4n) is 5.58. The molecule has 3 unspecified atom stereocenters. The van der Waals surface area contributed by atoms with Gasteiger partial charge in [-0.3, -0.25) is 14.7 Å². The quantitative estimate of drug-likeness (QED) is 0.845. The molecular weight excluding hydrogens is 316 g/mol. The van der Waals surface area contributed by atoms with Crippen LogP contribution in [-0.2, 0) is 17.6 Å². The summed E-state index contributed by atoms with van der Waals surface area (Å²) in [4.78, 5) is 29.6. The fraction of sp³-hybridized carbons (Fsp3) is 0.737. The van der Waals surface area contributed by atoms with E-state index in [0.29, 0.717) is 35.9 Å². The van der Waals surface area contributed by atoms with Gasteiger partial charge < -0.3 is 9.80 Å². The lowest BCUT2D eigenvalue weighted by atomic mass is 9.76. The highest BCUT2D eigenvalue weighted by atomic mass is 16.2. The number of carbonyl (C=O) groups is 2. The molecule has 0 radical (unpaired) electrons. The zero-order chi connectivity index (χ0) is 17.0. The van der Waals surface area contributed by atoms with Gasteiger partial charge in [-0.15, -0.1) is 0 Å². The minimum absolute atomic E-state index is 0.102. The summed E-state index contributed by atoms with van der Waals surface area (Å²) in [7, 11) is 0. The molecule has 6 nitrogen and oxygen atoms in total. The highest BCUT2D eigenvalue weighted by Crippen LogP contribution is 2.38. The molecule has 6 heteroatoms. The molecule has 1 aromatic rings. The second kappa shape index (κ2) is 5.85. The Morgan fingerprint density at radius 1 is 1.08 bits per heavy atom. The van der Waals surface area contributed by atoms with Gasteiger partial charge in [0.25, 0.3) is 5.91 Å². The molecule has 2 bridgehead atoms. The number of nitrogens with zero attached hydrogens (tertiary/aromatic N) is 3. The Hall–Kier alpha value is -1.85. The maximum Gasteiger partial charge on any atom is 0.274 e. The average molecular weight is 342 g/mol. The van der Waals surface area contributed by atoms with Gasteiger partial charge in [0.2, 0.25) is 5.91 Å². The van der Waals surface area contributed by atoms with E-state index in [-0.39, 0.29) is 5.91 Å². The lowest BCUT2D eigenvalue weighted by Gasteiger charge is -2.52. The predicted molar refractivity (Wildman–Crippen MR) is 92.1 cm³/mol. The number of H-pyrrole nitrogens is 1. The molecule has 0 spiro atoms. The van der Waals surface area contributed by atoms with E-state index in [9.17, 15) is 9.59 Å². The Morgan fingerprint density at radius 3 is 2.88 bits per heavy atom. The molecule has 134 valence electrons. The van der Waals surface area contributed by atoms with E-state index >= 15 is 0 Å². The van der Waals surface area contributed by atoms with Crippen LogP contribution in [0.1, 0.15) is 60.3 Å². The molecule has 3 saturated heterocycles. The van der Waals surface area contributed by atoms with Crippen molar-refractivity contribution in [2.24, 2.45) is 11.8 Å². The van der Waals surface area contributed by atoms with Crippen LogP contribution in [0.2, 0.25) is 0 Å². The number of aromatic nitrogens is 2. The number of rotatable bonds is 1. The molecular formula is C19H26N4O2. The minimum Gasteiger partial charge on any atom is -0.339 e. The Labute approximate surface area is 147 Å². The van der Waals surface area contributed by atoms with E-state index in [0.717, 1.165) is 69.4 Å². The van der Waals surface area contributed by atoms with Crippen molar-refractivity contribution in [3.63, 3.8) is 0 Å². The van der Waals surface area contributed by atoms with E-state index < -0.39 is 0 Å². The van der Waals surface area contributed by atoms with E-state index in [1.807, 2.05) is 4.90 Å². The van der Waals surface area contributed by atoms with Crippen LogP contribution in [0, 0.1) is 11.8 Å². The van der Waals surface area contributed by atoms with Crippen LogP contribution < -0.4 is 0 Å². The number of hydrogen-bond acceptors (Lipinski definition) is 3. The summed E-state index contributed by atoms with van der Waals surface area (Å²) in [5.41, 5.74) is 2.98. The lowest BCUT2D eigenvalue weighted by molar-refractivity contribution is -0.144. The van der Waals surface area contributed by atoms with Crippen molar-refractivity contribution in [2.45, 2.75) is 57.4 Å². The van der Waals surface area contributed by atoms with E-state index in [1.165, 1.54) is 6.42 Å². The number of piperidine rings is 3. The summed E-state index contributed by atoms with van der Waals surface area (Å²) in [6.07, 6.45) is 8.29. The van der Waals surface area contributed by atoms with Crippen LogP contribution in [-0.4, -0.2) is 57.5 Å². The van der Waals surface area contributed by atoms with Gasteiger partial charge in [-0.25, -0.2) is 0 Å². The first-order valence-corrected chi connectivity index (χ1v) is 9.85. The Bertz CT molecular complexity index is 712. The van der Waals surface area contributed by atoms with Crippen molar-refractivity contribution in [1.82, 2.24) is 20.0 Å². The number of aromatic amines is 1. The summed E-state index contributed by atoms with van der Waals surface area (Å²) in [5.74, 6) is 1.29. The predicted octanol–water partition coefficient (Wildman–Crippen LogP) is 1.76. The average Bonchev–Trinajstić information content (AvgIpc) is 3.06. The molecule has 0 aromatic carbocycles. The third-order valence-electron chi connectivity index (χ3n) is 6.73. The van der Waals surface area contributed by atoms with Gasteiger partial charge in [0.05, 0.1) is 0 Å². The number of carbonyl (C=O) groups excluding carboxylic acids is 2. The summed E-state index contributed by atoms with van der Waals surface area (Å²) in [6, 6.07) is 0.348. The molecule has 1 N–H and O–H groups in total. The number of amides is 2. The molecule has 0 saturated carbocycles. The fourth-order valence-corrected chi connectivity index (χ4v) is 5.58. The number of hydrogen-bond donors (Lipinski definition) is 1. The van der Waals surface area contributed by atoms with E-state index in [1.54, 1.807) is 0 Å². The van der Waals surface area contributed by atoms with Gasteiger partial charge in [-0.05, 0) is 56.8 Å². The van der Waals surface area contributed by atoms with Crippen LogP contribution in [0.3, 0.4) is 0 Å². The molecule has 5 rings (SSSR count). The molecule has 3 atom stereocenters. The maximum absolute atomic E-state index is 13.2. The summed E-state index contributed by atoms with van der Waals surface area (Å²) in [6.45, 7) is 2.39. The van der Waals surface area contributed by atoms with Gasteiger partial charge in [0.1, 0.15) is 0 Å². The second-order valence-electron chi connectivity index (χ2n) is 8.31. The zero-order valence-electron chi connectivity index (χ0n) is 14.7. The Balaban J connectivity index is 1.37. The zero-order valence-corrected chi connectivity index (χ0v) is 14.7. The van der Waals surface area contributed by atoms with Gasteiger partial charge in [0, 0.05) is 43.4 Å². The van der Waals surface area contributed by atoms with Crippen molar-refractivity contribution in [3.8, 4) is 0 Å². The van der Waals surface area contributed by atoms with Crippen molar-refractivity contribution < 1.29 is 9.59 Å².